The molecule has 1 aromatic carbocycles. The first kappa shape index (κ1) is 23.6. The molecule has 0 unspecified atom stereocenters. The number of rotatable bonds is 8. The van der Waals surface area contributed by atoms with Crippen molar-refractivity contribution in [3.8, 4) is 10.4 Å². The molecule has 3 aromatic rings. The Morgan fingerprint density at radius 1 is 0.935 bits per heavy atom. The lowest BCUT2D eigenvalue weighted by atomic mass is 9.89. The van der Waals surface area contributed by atoms with Gasteiger partial charge in [-0.3, -0.25) is 4.98 Å². The first-order chi connectivity index (χ1) is 14.6. The molecule has 4 nitrogen and oxygen atoms in total. The standard InChI is InChI=1S/C25H32N2O2S2/c1-16(2)20-11-22(17(3)4)25(23(12-20)18(5)6)31(28,29)27-14-19-10-21(15-26-13-19)24-8-7-9-30-24/h7-13,15-18,27H,14H2,1-6H3. The maximum absolute atomic E-state index is 13.5. The van der Waals surface area contributed by atoms with Crippen molar-refractivity contribution in [3.63, 3.8) is 0 Å². The Labute approximate surface area is 190 Å². The molecular formula is C25H32N2O2S2. The van der Waals surface area contributed by atoms with Crippen molar-refractivity contribution in [2.24, 2.45) is 0 Å². The van der Waals surface area contributed by atoms with Crippen LogP contribution < -0.4 is 4.72 Å². The third kappa shape index (κ3) is 5.43. The molecule has 0 amide bonds. The van der Waals surface area contributed by atoms with E-state index in [1.807, 2.05) is 29.8 Å². The zero-order chi connectivity index (χ0) is 22.8. The zero-order valence-electron chi connectivity index (χ0n) is 19.1. The summed E-state index contributed by atoms with van der Waals surface area (Å²) in [6.45, 7) is 12.7. The smallest absolute Gasteiger partial charge is 0.241 e. The van der Waals surface area contributed by atoms with Crippen molar-refractivity contribution < 1.29 is 8.42 Å². The second kappa shape index (κ2) is 9.63. The molecule has 0 fully saturated rings. The van der Waals surface area contributed by atoms with Crippen LogP contribution in [0.25, 0.3) is 10.4 Å². The third-order valence-corrected chi connectivity index (χ3v) is 7.87. The summed E-state index contributed by atoms with van der Waals surface area (Å²) in [5, 5.41) is 2.02. The molecule has 0 aliphatic heterocycles. The average molecular weight is 457 g/mol. The van der Waals surface area contributed by atoms with E-state index >= 15 is 0 Å². The minimum absolute atomic E-state index is 0.103. The number of thiophene rings is 1. The molecule has 2 heterocycles. The molecule has 0 saturated carbocycles. The molecule has 0 aliphatic carbocycles. The van der Waals surface area contributed by atoms with E-state index in [0.717, 1.165) is 27.1 Å². The van der Waals surface area contributed by atoms with Crippen molar-refractivity contribution in [1.82, 2.24) is 9.71 Å². The molecule has 2 aromatic heterocycles. The SMILES string of the molecule is CC(C)c1cc(C(C)C)c(S(=O)(=O)NCc2cncc(-c3cccs3)c2)c(C(C)C)c1. The van der Waals surface area contributed by atoms with Crippen molar-refractivity contribution >= 4 is 21.4 Å². The van der Waals surface area contributed by atoms with Gasteiger partial charge in [0.15, 0.2) is 0 Å². The summed E-state index contributed by atoms with van der Waals surface area (Å²) in [6.07, 6.45) is 3.52. The first-order valence-corrected chi connectivity index (χ1v) is 13.1. The molecule has 0 radical (unpaired) electrons. The Bertz CT molecular complexity index is 1100. The summed E-state index contributed by atoms with van der Waals surface area (Å²) in [5.74, 6) is 0.545. The Hall–Kier alpha value is -2.02. The maximum atomic E-state index is 13.5. The van der Waals surface area contributed by atoms with Crippen LogP contribution >= 0.6 is 11.3 Å². The molecular weight excluding hydrogens is 424 g/mol. The number of nitrogens with zero attached hydrogens (tertiary/aromatic N) is 1. The highest BCUT2D eigenvalue weighted by Crippen LogP contribution is 2.35. The quantitative estimate of drug-likeness (QED) is 0.412. The van der Waals surface area contributed by atoms with Gasteiger partial charge in [0.25, 0.3) is 0 Å². The highest BCUT2D eigenvalue weighted by atomic mass is 32.2. The maximum Gasteiger partial charge on any atom is 0.241 e. The largest absolute Gasteiger partial charge is 0.264 e. The minimum atomic E-state index is -3.69. The van der Waals surface area contributed by atoms with Gasteiger partial charge in [-0.25, -0.2) is 13.1 Å². The number of nitrogens with one attached hydrogen (secondary N) is 1. The summed E-state index contributed by atoms with van der Waals surface area (Å²) in [7, 11) is -3.69. The summed E-state index contributed by atoms with van der Waals surface area (Å²) in [4.78, 5) is 5.86. The summed E-state index contributed by atoms with van der Waals surface area (Å²) >= 11 is 1.64. The van der Waals surface area contributed by atoms with Crippen molar-refractivity contribution in [2.75, 3.05) is 0 Å². The van der Waals surface area contributed by atoms with E-state index in [0.29, 0.717) is 10.8 Å². The highest BCUT2D eigenvalue weighted by molar-refractivity contribution is 7.89. The van der Waals surface area contributed by atoms with E-state index in [1.54, 1.807) is 17.5 Å². The summed E-state index contributed by atoms with van der Waals surface area (Å²) in [6, 6.07) is 10.2. The van der Waals surface area contributed by atoms with Crippen LogP contribution in [0.3, 0.4) is 0 Å². The van der Waals surface area contributed by atoms with Crippen LogP contribution in [0.4, 0.5) is 0 Å². The number of sulfonamides is 1. The van der Waals surface area contributed by atoms with Gasteiger partial charge in [-0.1, -0.05) is 59.7 Å². The number of hydrogen-bond donors (Lipinski definition) is 1. The second-order valence-corrected chi connectivity index (χ2v) is 11.5. The van der Waals surface area contributed by atoms with Gasteiger partial charge >= 0.3 is 0 Å². The van der Waals surface area contributed by atoms with Gasteiger partial charge in [-0.05, 0) is 57.5 Å². The normalized spacial score (nSPS) is 12.3. The van der Waals surface area contributed by atoms with Crippen molar-refractivity contribution in [2.45, 2.75) is 70.7 Å². The molecule has 6 heteroatoms. The molecule has 0 bridgehead atoms. The Balaban J connectivity index is 1.97. The molecule has 3 rings (SSSR count). The van der Waals surface area contributed by atoms with Gasteiger partial charge in [0.2, 0.25) is 10.0 Å². The summed E-state index contributed by atoms with van der Waals surface area (Å²) in [5.41, 5.74) is 4.78. The van der Waals surface area contributed by atoms with E-state index in [-0.39, 0.29) is 18.4 Å². The van der Waals surface area contributed by atoms with Gasteiger partial charge in [-0.15, -0.1) is 11.3 Å². The highest BCUT2D eigenvalue weighted by Gasteiger charge is 2.26. The molecule has 0 spiro atoms. The minimum Gasteiger partial charge on any atom is -0.264 e. The van der Waals surface area contributed by atoms with Crippen LogP contribution in [-0.2, 0) is 16.6 Å². The Kier molecular flexibility index (Phi) is 7.35. The van der Waals surface area contributed by atoms with Crippen molar-refractivity contribution in [3.05, 3.63) is 70.4 Å². The molecule has 166 valence electrons. The Morgan fingerprint density at radius 3 is 2.10 bits per heavy atom. The van der Waals surface area contributed by atoms with Gasteiger partial charge in [-0.2, -0.15) is 0 Å². The van der Waals surface area contributed by atoms with E-state index in [2.05, 4.69) is 63.4 Å². The monoisotopic (exact) mass is 456 g/mol. The fourth-order valence-corrected chi connectivity index (χ4v) is 6.03. The van der Waals surface area contributed by atoms with Crippen LogP contribution in [0.2, 0.25) is 0 Å². The predicted octanol–water partition coefficient (Wildman–Crippen LogP) is 6.66. The van der Waals surface area contributed by atoms with Gasteiger partial charge < -0.3 is 0 Å². The van der Waals surface area contributed by atoms with E-state index in [1.165, 1.54) is 5.56 Å². The number of hydrogen-bond acceptors (Lipinski definition) is 4. The van der Waals surface area contributed by atoms with Gasteiger partial charge in [0, 0.05) is 29.4 Å². The van der Waals surface area contributed by atoms with Crippen LogP contribution in [0.1, 0.15) is 81.5 Å². The fourth-order valence-electron chi connectivity index (χ4n) is 3.61. The van der Waals surface area contributed by atoms with E-state index < -0.39 is 10.0 Å². The summed E-state index contributed by atoms with van der Waals surface area (Å²) < 4.78 is 29.9. The van der Waals surface area contributed by atoms with Crippen LogP contribution in [0, 0.1) is 0 Å². The molecule has 0 saturated heterocycles. The van der Waals surface area contributed by atoms with Gasteiger partial charge in [0.1, 0.15) is 0 Å². The number of pyridine rings is 1. The molecule has 0 aliphatic rings. The van der Waals surface area contributed by atoms with Crippen LogP contribution in [-0.4, -0.2) is 13.4 Å². The zero-order valence-corrected chi connectivity index (χ0v) is 20.8. The molecule has 31 heavy (non-hydrogen) atoms. The lowest BCUT2D eigenvalue weighted by molar-refractivity contribution is 0.575. The van der Waals surface area contributed by atoms with Crippen LogP contribution in [0.5, 0.6) is 0 Å². The van der Waals surface area contributed by atoms with Crippen molar-refractivity contribution in [1.29, 1.82) is 0 Å². The predicted molar refractivity (Wildman–Crippen MR) is 130 cm³/mol. The average Bonchev–Trinajstić information content (AvgIpc) is 3.26. The topological polar surface area (TPSA) is 59.1 Å². The molecule has 0 atom stereocenters. The second-order valence-electron chi connectivity index (χ2n) is 8.88. The van der Waals surface area contributed by atoms with Crippen LogP contribution in [0.15, 0.2) is 53.0 Å². The number of aromatic nitrogens is 1. The lowest BCUT2D eigenvalue weighted by Crippen LogP contribution is -2.26. The third-order valence-electron chi connectivity index (χ3n) is 5.42. The van der Waals surface area contributed by atoms with Gasteiger partial charge in [0.05, 0.1) is 4.90 Å². The Morgan fingerprint density at radius 2 is 1.58 bits per heavy atom. The number of benzene rings is 1. The molecule has 1 N–H and O–H groups in total. The lowest BCUT2D eigenvalue weighted by Gasteiger charge is -2.23. The van der Waals surface area contributed by atoms with E-state index in [9.17, 15) is 8.42 Å². The first-order valence-electron chi connectivity index (χ1n) is 10.7. The fraction of sp³-hybridized carbons (Fsp3) is 0.400. The van der Waals surface area contributed by atoms with E-state index in [4.69, 9.17) is 0 Å².